The summed E-state index contributed by atoms with van der Waals surface area (Å²) in [6.07, 6.45) is 0. The first kappa shape index (κ1) is 13.8. The summed E-state index contributed by atoms with van der Waals surface area (Å²) in [6.45, 7) is 2.18. The monoisotopic (exact) mass is 394 g/mol. The van der Waals surface area contributed by atoms with E-state index in [0.717, 1.165) is 26.7 Å². The third kappa shape index (κ3) is 1.85. The molecule has 102 valence electrons. The van der Waals surface area contributed by atoms with Gasteiger partial charge in [0.2, 0.25) is 0 Å². The second kappa shape index (κ2) is 5.01. The van der Waals surface area contributed by atoms with Crippen LogP contribution < -0.4 is 0 Å². The lowest BCUT2D eigenvalue weighted by Gasteiger charge is -2.22. The average Bonchev–Trinajstić information content (AvgIpc) is 2.70. The van der Waals surface area contributed by atoms with E-state index in [1.54, 1.807) is 0 Å². The minimum absolute atomic E-state index is 0.274. The molecule has 1 aliphatic carbocycles. The Kier molecular flexibility index (Phi) is 3.46. The largest absolute Gasteiger partial charge is 0.464 e. The topological polar surface area (TPSA) is 26.3 Å². The van der Waals surface area contributed by atoms with Crippen LogP contribution in [-0.4, -0.2) is 12.6 Å². The molecule has 0 saturated heterocycles. The zero-order valence-corrected chi connectivity index (χ0v) is 14.0. The fourth-order valence-corrected chi connectivity index (χ4v) is 3.80. The predicted molar refractivity (Wildman–Crippen MR) is 85.9 cm³/mol. The molecule has 1 aliphatic rings. The van der Waals surface area contributed by atoms with Crippen LogP contribution in [0.3, 0.4) is 0 Å². The van der Waals surface area contributed by atoms with Crippen molar-refractivity contribution in [3.05, 3.63) is 58.1 Å². The predicted octanol–water partition coefficient (Wildman–Crippen LogP) is 4.63. The number of carbonyl (C=O) groups is 1. The molecule has 0 saturated carbocycles. The normalized spacial score (nSPS) is 19.4. The molecule has 0 spiro atoms. The maximum absolute atomic E-state index is 12.5. The summed E-state index contributed by atoms with van der Waals surface area (Å²) in [5.74, 6) is -0.274. The van der Waals surface area contributed by atoms with E-state index < -0.39 is 4.32 Å². The number of fused-ring (bicyclic) bond motifs is 3. The number of carbonyl (C=O) groups excluding carboxylic acids is 1. The van der Waals surface area contributed by atoms with Gasteiger partial charge in [-0.05, 0) is 41.3 Å². The number of hydrogen-bond acceptors (Lipinski definition) is 2. The van der Waals surface area contributed by atoms with Gasteiger partial charge in [0, 0.05) is 4.47 Å². The molecule has 1 unspecified atom stereocenters. The molecule has 2 aromatic carbocycles. The fraction of sp³-hybridized carbons (Fsp3) is 0.188. The number of halogens is 2. The zero-order valence-electron chi connectivity index (χ0n) is 10.8. The third-order valence-electron chi connectivity index (χ3n) is 3.50. The van der Waals surface area contributed by atoms with E-state index in [2.05, 4.69) is 31.9 Å². The molecule has 4 heteroatoms. The lowest BCUT2D eigenvalue weighted by atomic mass is 9.97. The van der Waals surface area contributed by atoms with Gasteiger partial charge in [0.15, 0.2) is 4.32 Å². The first-order valence-corrected chi connectivity index (χ1v) is 7.93. The Morgan fingerprint density at radius 1 is 1.15 bits per heavy atom. The Morgan fingerprint density at radius 2 is 1.85 bits per heavy atom. The van der Waals surface area contributed by atoms with Crippen molar-refractivity contribution in [3.8, 4) is 11.1 Å². The maximum atomic E-state index is 12.5. The molecule has 20 heavy (non-hydrogen) atoms. The molecule has 0 radical (unpaired) electrons. The highest BCUT2D eigenvalue weighted by Crippen LogP contribution is 2.53. The Bertz CT molecular complexity index is 697. The molecule has 0 bridgehead atoms. The highest BCUT2D eigenvalue weighted by atomic mass is 79.9. The van der Waals surface area contributed by atoms with E-state index in [1.165, 1.54) is 0 Å². The summed E-state index contributed by atoms with van der Waals surface area (Å²) in [4.78, 5) is 12.5. The van der Waals surface area contributed by atoms with Crippen molar-refractivity contribution in [1.29, 1.82) is 0 Å². The van der Waals surface area contributed by atoms with E-state index >= 15 is 0 Å². The van der Waals surface area contributed by atoms with Gasteiger partial charge in [0.05, 0.1) is 6.61 Å². The highest BCUT2D eigenvalue weighted by molar-refractivity contribution is 9.10. The van der Waals surface area contributed by atoms with Gasteiger partial charge < -0.3 is 4.74 Å². The van der Waals surface area contributed by atoms with Crippen molar-refractivity contribution in [2.24, 2.45) is 0 Å². The summed E-state index contributed by atoms with van der Waals surface area (Å²) in [6, 6.07) is 13.9. The van der Waals surface area contributed by atoms with Gasteiger partial charge in [-0.3, -0.25) is 0 Å². The molecular weight excluding hydrogens is 384 g/mol. The average molecular weight is 396 g/mol. The summed E-state index contributed by atoms with van der Waals surface area (Å²) >= 11 is 7.13. The second-order valence-electron chi connectivity index (χ2n) is 4.61. The van der Waals surface area contributed by atoms with Crippen LogP contribution in [0.2, 0.25) is 0 Å². The molecule has 0 heterocycles. The number of benzene rings is 2. The first-order chi connectivity index (χ1) is 9.59. The van der Waals surface area contributed by atoms with Crippen LogP contribution in [0.15, 0.2) is 46.9 Å². The lowest BCUT2D eigenvalue weighted by Crippen LogP contribution is -2.30. The van der Waals surface area contributed by atoms with Gasteiger partial charge in [-0.1, -0.05) is 62.2 Å². The Balaban J connectivity index is 2.30. The molecule has 2 nitrogen and oxygen atoms in total. The highest BCUT2D eigenvalue weighted by Gasteiger charge is 2.48. The second-order valence-corrected chi connectivity index (χ2v) is 6.72. The number of esters is 1. The van der Waals surface area contributed by atoms with Crippen LogP contribution in [0.5, 0.6) is 0 Å². The molecule has 0 amide bonds. The molecule has 2 aromatic rings. The first-order valence-electron chi connectivity index (χ1n) is 6.35. The molecule has 0 N–H and O–H groups in total. The number of alkyl halides is 1. The van der Waals surface area contributed by atoms with Gasteiger partial charge in [-0.15, -0.1) is 0 Å². The molecule has 1 atom stereocenters. The SMILES string of the molecule is CCOC(=O)C1(Br)c2ccccc2-c2ccc(Br)cc21. The summed E-state index contributed by atoms with van der Waals surface area (Å²) in [5.41, 5.74) is 3.99. The Morgan fingerprint density at radius 3 is 2.60 bits per heavy atom. The van der Waals surface area contributed by atoms with Crippen molar-refractivity contribution in [1.82, 2.24) is 0 Å². The Labute approximate surface area is 134 Å². The van der Waals surface area contributed by atoms with Crippen molar-refractivity contribution in [2.45, 2.75) is 11.2 Å². The van der Waals surface area contributed by atoms with Crippen molar-refractivity contribution >= 4 is 37.8 Å². The molecule has 0 aromatic heterocycles. The van der Waals surface area contributed by atoms with Gasteiger partial charge in [-0.25, -0.2) is 4.79 Å². The number of rotatable bonds is 2. The van der Waals surface area contributed by atoms with Gasteiger partial charge in [-0.2, -0.15) is 0 Å². The van der Waals surface area contributed by atoms with Crippen molar-refractivity contribution in [2.75, 3.05) is 6.61 Å². The van der Waals surface area contributed by atoms with Crippen LogP contribution in [-0.2, 0) is 13.9 Å². The van der Waals surface area contributed by atoms with E-state index in [-0.39, 0.29) is 5.97 Å². The minimum atomic E-state index is -0.918. The zero-order chi connectivity index (χ0) is 14.3. The van der Waals surface area contributed by atoms with E-state index in [9.17, 15) is 4.79 Å². The van der Waals surface area contributed by atoms with Crippen LogP contribution in [0, 0.1) is 0 Å². The molecule has 3 rings (SSSR count). The molecular formula is C16H12Br2O2. The quantitative estimate of drug-likeness (QED) is 0.547. The van der Waals surface area contributed by atoms with Crippen LogP contribution in [0.1, 0.15) is 18.1 Å². The third-order valence-corrected chi connectivity index (χ3v) is 5.17. The summed E-state index contributed by atoms with van der Waals surface area (Å²) in [7, 11) is 0. The van der Waals surface area contributed by atoms with E-state index in [0.29, 0.717) is 6.61 Å². The number of hydrogen-bond donors (Lipinski definition) is 0. The van der Waals surface area contributed by atoms with Crippen LogP contribution >= 0.6 is 31.9 Å². The Hall–Kier alpha value is -1.13. The van der Waals surface area contributed by atoms with Gasteiger partial charge in [0.1, 0.15) is 0 Å². The fourth-order valence-electron chi connectivity index (χ4n) is 2.65. The summed E-state index contributed by atoms with van der Waals surface area (Å²) < 4.78 is 5.31. The number of ether oxygens (including phenoxy) is 1. The maximum Gasteiger partial charge on any atom is 0.332 e. The molecule has 0 fully saturated rings. The van der Waals surface area contributed by atoms with E-state index in [4.69, 9.17) is 4.74 Å². The standard InChI is InChI=1S/C16H12Br2O2/c1-2-20-15(19)16(18)13-6-4-3-5-11(13)12-8-7-10(17)9-14(12)16/h3-9H,2H2,1H3. The van der Waals surface area contributed by atoms with Crippen molar-refractivity contribution < 1.29 is 9.53 Å². The van der Waals surface area contributed by atoms with Crippen LogP contribution in [0.25, 0.3) is 11.1 Å². The van der Waals surface area contributed by atoms with E-state index in [1.807, 2.05) is 49.4 Å². The summed E-state index contributed by atoms with van der Waals surface area (Å²) in [5, 5.41) is 0. The van der Waals surface area contributed by atoms with Gasteiger partial charge >= 0.3 is 5.97 Å². The minimum Gasteiger partial charge on any atom is -0.464 e. The van der Waals surface area contributed by atoms with Gasteiger partial charge in [0.25, 0.3) is 0 Å². The van der Waals surface area contributed by atoms with Crippen LogP contribution in [0.4, 0.5) is 0 Å². The molecule has 0 aliphatic heterocycles. The van der Waals surface area contributed by atoms with Crippen molar-refractivity contribution in [3.63, 3.8) is 0 Å². The lowest BCUT2D eigenvalue weighted by molar-refractivity contribution is -0.144. The smallest absolute Gasteiger partial charge is 0.332 e.